The van der Waals surface area contributed by atoms with Crippen LogP contribution in [0.2, 0.25) is 0 Å². The van der Waals surface area contributed by atoms with E-state index in [4.69, 9.17) is 4.42 Å². The Morgan fingerprint density at radius 3 is 2.86 bits per heavy atom. The van der Waals surface area contributed by atoms with Crippen LogP contribution in [0, 0.1) is 13.8 Å². The smallest absolute Gasteiger partial charge is 0.290 e. The molecule has 0 saturated carbocycles. The lowest BCUT2D eigenvalue weighted by Crippen LogP contribution is -2.41. The first-order valence-corrected chi connectivity index (χ1v) is 9.49. The molecule has 2 aromatic heterocycles. The van der Waals surface area contributed by atoms with Crippen molar-refractivity contribution in [3.63, 3.8) is 0 Å². The van der Waals surface area contributed by atoms with E-state index in [0.29, 0.717) is 30.9 Å². The molecular formula is C22H23N3O3. The fourth-order valence-corrected chi connectivity index (χ4v) is 3.67. The Hall–Kier alpha value is -3.15. The van der Waals surface area contributed by atoms with Crippen LogP contribution in [0.15, 0.2) is 47.0 Å². The van der Waals surface area contributed by atoms with E-state index in [9.17, 15) is 9.59 Å². The van der Waals surface area contributed by atoms with E-state index in [2.05, 4.69) is 10.3 Å². The Morgan fingerprint density at radius 2 is 2.14 bits per heavy atom. The largest absolute Gasteiger partial charge is 0.451 e. The predicted molar refractivity (Wildman–Crippen MR) is 106 cm³/mol. The molecule has 1 N–H and O–H groups in total. The van der Waals surface area contributed by atoms with Crippen LogP contribution in [0.3, 0.4) is 0 Å². The molecule has 0 bridgehead atoms. The second-order valence-corrected chi connectivity index (χ2v) is 7.37. The number of pyridine rings is 1. The average Bonchev–Trinajstić information content (AvgIpc) is 3.25. The molecule has 6 nitrogen and oxygen atoms in total. The van der Waals surface area contributed by atoms with Crippen LogP contribution in [0.1, 0.15) is 40.2 Å². The summed E-state index contributed by atoms with van der Waals surface area (Å²) in [5.41, 5.74) is 3.46. The molecule has 0 unspecified atom stereocenters. The van der Waals surface area contributed by atoms with Crippen LogP contribution in [-0.2, 0) is 11.3 Å². The lowest BCUT2D eigenvalue weighted by atomic mass is 10.1. The van der Waals surface area contributed by atoms with Crippen molar-refractivity contribution in [2.45, 2.75) is 39.3 Å². The summed E-state index contributed by atoms with van der Waals surface area (Å²) in [6, 6.07) is 11.5. The van der Waals surface area contributed by atoms with E-state index in [1.54, 1.807) is 11.1 Å². The van der Waals surface area contributed by atoms with Gasteiger partial charge in [0.1, 0.15) is 5.58 Å². The average molecular weight is 377 g/mol. The number of nitrogens with one attached hydrogen (secondary N) is 1. The van der Waals surface area contributed by atoms with Gasteiger partial charge < -0.3 is 14.6 Å². The van der Waals surface area contributed by atoms with E-state index in [1.165, 1.54) is 0 Å². The standard InChI is InChI=1S/C22H23N3O3/c1-14-6-8-19-18(11-14)15(2)21(28-19)22(27)25(12-16-5-3-4-10-23-16)13-17-7-9-20(26)24-17/h3-6,8,10-11,17H,7,9,12-13H2,1-2H3,(H,24,26)/t17-/m0/s1. The number of aryl methyl sites for hydroxylation is 2. The molecule has 3 heterocycles. The fourth-order valence-electron chi connectivity index (χ4n) is 3.67. The third-order valence-electron chi connectivity index (χ3n) is 5.18. The van der Waals surface area contributed by atoms with Gasteiger partial charge in [0.05, 0.1) is 12.2 Å². The van der Waals surface area contributed by atoms with E-state index >= 15 is 0 Å². The third-order valence-corrected chi connectivity index (χ3v) is 5.18. The van der Waals surface area contributed by atoms with Crippen molar-refractivity contribution in [2.75, 3.05) is 6.54 Å². The van der Waals surface area contributed by atoms with Crippen molar-refractivity contribution in [1.29, 1.82) is 0 Å². The Balaban J connectivity index is 1.65. The minimum Gasteiger partial charge on any atom is -0.451 e. The quantitative estimate of drug-likeness (QED) is 0.740. The Morgan fingerprint density at radius 1 is 1.29 bits per heavy atom. The zero-order valence-electron chi connectivity index (χ0n) is 16.1. The summed E-state index contributed by atoms with van der Waals surface area (Å²) in [7, 11) is 0. The molecule has 1 aliphatic heterocycles. The summed E-state index contributed by atoms with van der Waals surface area (Å²) in [5, 5.41) is 3.90. The van der Waals surface area contributed by atoms with E-state index < -0.39 is 0 Å². The van der Waals surface area contributed by atoms with Gasteiger partial charge in [-0.1, -0.05) is 17.7 Å². The summed E-state index contributed by atoms with van der Waals surface area (Å²) in [4.78, 5) is 31.0. The Kier molecular flexibility index (Phi) is 4.86. The number of carbonyl (C=O) groups excluding carboxylic acids is 2. The molecule has 1 aliphatic rings. The maximum absolute atomic E-state index is 13.4. The molecule has 2 amide bonds. The molecule has 0 radical (unpaired) electrons. The molecule has 1 fully saturated rings. The zero-order valence-corrected chi connectivity index (χ0v) is 16.1. The fraction of sp³-hybridized carbons (Fsp3) is 0.318. The zero-order chi connectivity index (χ0) is 19.7. The van der Waals surface area contributed by atoms with Crippen LogP contribution in [-0.4, -0.2) is 34.3 Å². The highest BCUT2D eigenvalue weighted by atomic mass is 16.3. The Bertz CT molecular complexity index is 1030. The van der Waals surface area contributed by atoms with Gasteiger partial charge in [-0.05, 0) is 44.5 Å². The van der Waals surface area contributed by atoms with Crippen LogP contribution >= 0.6 is 0 Å². The van der Waals surface area contributed by atoms with Crippen molar-refractivity contribution in [1.82, 2.24) is 15.2 Å². The number of aromatic nitrogens is 1. The Labute approximate surface area is 163 Å². The van der Waals surface area contributed by atoms with Crippen molar-refractivity contribution >= 4 is 22.8 Å². The maximum atomic E-state index is 13.4. The number of fused-ring (bicyclic) bond motifs is 1. The van der Waals surface area contributed by atoms with E-state index in [0.717, 1.165) is 28.6 Å². The minimum atomic E-state index is -0.182. The topological polar surface area (TPSA) is 75.4 Å². The molecule has 0 spiro atoms. The van der Waals surface area contributed by atoms with Gasteiger partial charge in [0.25, 0.3) is 5.91 Å². The highest BCUT2D eigenvalue weighted by Crippen LogP contribution is 2.27. The molecule has 28 heavy (non-hydrogen) atoms. The van der Waals surface area contributed by atoms with Crippen molar-refractivity contribution in [2.24, 2.45) is 0 Å². The number of furan rings is 1. The molecule has 1 aromatic carbocycles. The van der Waals surface area contributed by atoms with E-state index in [-0.39, 0.29) is 17.9 Å². The first-order valence-electron chi connectivity index (χ1n) is 9.49. The molecule has 0 aliphatic carbocycles. The highest BCUT2D eigenvalue weighted by molar-refractivity contribution is 5.99. The predicted octanol–water partition coefficient (Wildman–Crippen LogP) is 3.37. The molecule has 1 saturated heterocycles. The number of rotatable bonds is 5. The van der Waals surface area contributed by atoms with Gasteiger partial charge >= 0.3 is 0 Å². The number of hydrogen-bond donors (Lipinski definition) is 1. The summed E-state index contributed by atoms with van der Waals surface area (Å²) in [5.74, 6) is 0.199. The number of carbonyl (C=O) groups is 2. The molecule has 4 rings (SSSR count). The van der Waals surface area contributed by atoms with E-state index in [1.807, 2.05) is 50.2 Å². The highest BCUT2D eigenvalue weighted by Gasteiger charge is 2.29. The third kappa shape index (κ3) is 3.63. The van der Waals surface area contributed by atoms with Crippen LogP contribution < -0.4 is 5.32 Å². The lowest BCUT2D eigenvalue weighted by Gasteiger charge is -2.25. The first kappa shape index (κ1) is 18.2. The summed E-state index contributed by atoms with van der Waals surface area (Å²) >= 11 is 0. The van der Waals surface area contributed by atoms with Gasteiger partial charge in [0, 0.05) is 36.2 Å². The monoisotopic (exact) mass is 377 g/mol. The summed E-state index contributed by atoms with van der Waals surface area (Å²) in [6.07, 6.45) is 2.94. The molecule has 144 valence electrons. The summed E-state index contributed by atoms with van der Waals surface area (Å²) in [6.45, 7) is 4.72. The number of hydrogen-bond acceptors (Lipinski definition) is 4. The molecule has 3 aromatic rings. The van der Waals surface area contributed by atoms with Gasteiger partial charge in [-0.3, -0.25) is 14.6 Å². The van der Waals surface area contributed by atoms with Crippen molar-refractivity contribution < 1.29 is 14.0 Å². The molecular weight excluding hydrogens is 354 g/mol. The minimum absolute atomic E-state index is 0.0330. The van der Waals surface area contributed by atoms with Crippen molar-refractivity contribution in [3.05, 3.63) is 65.2 Å². The van der Waals surface area contributed by atoms with Gasteiger partial charge in [0.15, 0.2) is 5.76 Å². The summed E-state index contributed by atoms with van der Waals surface area (Å²) < 4.78 is 5.92. The molecule has 1 atom stereocenters. The number of benzene rings is 1. The second kappa shape index (κ2) is 7.46. The van der Waals surface area contributed by atoms with Crippen molar-refractivity contribution in [3.8, 4) is 0 Å². The lowest BCUT2D eigenvalue weighted by molar-refractivity contribution is -0.119. The van der Waals surface area contributed by atoms with Gasteiger partial charge in [-0.25, -0.2) is 0 Å². The van der Waals surface area contributed by atoms with Gasteiger partial charge in [-0.2, -0.15) is 0 Å². The SMILES string of the molecule is Cc1ccc2oc(C(=O)N(Cc3ccccn3)C[C@@H]3CCC(=O)N3)c(C)c2c1. The first-order chi connectivity index (χ1) is 13.5. The van der Waals surface area contributed by atoms with Gasteiger partial charge in [0.2, 0.25) is 5.91 Å². The van der Waals surface area contributed by atoms with Crippen LogP contribution in [0.4, 0.5) is 0 Å². The maximum Gasteiger partial charge on any atom is 0.290 e. The van der Waals surface area contributed by atoms with Crippen LogP contribution in [0.5, 0.6) is 0 Å². The normalized spacial score (nSPS) is 16.4. The van der Waals surface area contributed by atoms with Gasteiger partial charge in [-0.15, -0.1) is 0 Å². The second-order valence-electron chi connectivity index (χ2n) is 7.37. The number of amides is 2. The number of nitrogens with zero attached hydrogens (tertiary/aromatic N) is 2. The molecule has 6 heteroatoms. The van der Waals surface area contributed by atoms with Crippen LogP contribution in [0.25, 0.3) is 11.0 Å².